The van der Waals surface area contributed by atoms with Gasteiger partial charge in [-0.15, -0.1) is 0 Å². The van der Waals surface area contributed by atoms with E-state index in [1.165, 1.54) is 18.0 Å². The lowest BCUT2D eigenvalue weighted by Crippen LogP contribution is -2.30. The number of halogens is 2. The van der Waals surface area contributed by atoms with Gasteiger partial charge in [0, 0.05) is 28.8 Å². The highest BCUT2D eigenvalue weighted by Crippen LogP contribution is 2.33. The van der Waals surface area contributed by atoms with Gasteiger partial charge in [0.1, 0.15) is 5.39 Å². The van der Waals surface area contributed by atoms with Crippen LogP contribution < -0.4 is 10.9 Å². The van der Waals surface area contributed by atoms with Gasteiger partial charge in [0.25, 0.3) is 5.56 Å². The molecule has 1 amide bonds. The van der Waals surface area contributed by atoms with E-state index in [0.29, 0.717) is 38.5 Å². The third-order valence-electron chi connectivity index (χ3n) is 5.25. The standard InChI is InChI=1S/C22H17Cl2N5O2S/c23-14-6-4-13(5-7-14)10-25-19(30)9-17-12-32-22-27-20-18(21(31)28(17)22)11-26-29(20)16-3-1-2-15(24)8-16/h1-8,11,17H,9-10,12H2,(H,25,30). The SMILES string of the molecule is O=C(CC1CSc2nc3c(cnn3-c3cccc(Cl)c3)c(=O)n21)NCc1ccc(Cl)cc1. The van der Waals surface area contributed by atoms with Crippen molar-refractivity contribution in [2.45, 2.75) is 24.2 Å². The lowest BCUT2D eigenvalue weighted by atomic mass is 10.2. The van der Waals surface area contributed by atoms with Crippen LogP contribution in [-0.4, -0.2) is 31.0 Å². The second-order valence-electron chi connectivity index (χ2n) is 7.42. The van der Waals surface area contributed by atoms with E-state index in [-0.39, 0.29) is 23.9 Å². The monoisotopic (exact) mass is 485 g/mol. The summed E-state index contributed by atoms with van der Waals surface area (Å²) in [4.78, 5) is 30.4. The van der Waals surface area contributed by atoms with E-state index in [9.17, 15) is 9.59 Å². The molecule has 1 unspecified atom stereocenters. The molecule has 3 heterocycles. The third kappa shape index (κ3) is 4.01. The average Bonchev–Trinajstić information content (AvgIpc) is 3.38. The Morgan fingerprint density at radius 2 is 1.97 bits per heavy atom. The Bertz CT molecular complexity index is 1380. The van der Waals surface area contributed by atoms with Crippen molar-refractivity contribution in [1.29, 1.82) is 0 Å². The molecule has 162 valence electrons. The summed E-state index contributed by atoms with van der Waals surface area (Å²) in [6.45, 7) is 0.404. The van der Waals surface area contributed by atoms with Gasteiger partial charge in [-0.3, -0.25) is 14.2 Å². The van der Waals surface area contributed by atoms with E-state index in [4.69, 9.17) is 23.2 Å². The van der Waals surface area contributed by atoms with Gasteiger partial charge >= 0.3 is 0 Å². The van der Waals surface area contributed by atoms with Gasteiger partial charge in [0.05, 0.1) is 17.9 Å². The number of aromatic nitrogens is 4. The molecular weight excluding hydrogens is 469 g/mol. The summed E-state index contributed by atoms with van der Waals surface area (Å²) in [5.41, 5.74) is 1.96. The van der Waals surface area contributed by atoms with Gasteiger partial charge in [0.15, 0.2) is 10.8 Å². The molecule has 0 spiro atoms. The summed E-state index contributed by atoms with van der Waals surface area (Å²) >= 11 is 13.5. The number of nitrogens with one attached hydrogen (secondary N) is 1. The molecule has 1 aliphatic rings. The molecule has 0 fully saturated rings. The van der Waals surface area contributed by atoms with Crippen LogP contribution in [0.25, 0.3) is 16.7 Å². The summed E-state index contributed by atoms with van der Waals surface area (Å²) in [5.74, 6) is 0.480. The number of hydrogen-bond donors (Lipinski definition) is 1. The Morgan fingerprint density at radius 1 is 1.16 bits per heavy atom. The molecule has 2 aromatic heterocycles. The van der Waals surface area contributed by atoms with E-state index in [1.54, 1.807) is 33.5 Å². The summed E-state index contributed by atoms with van der Waals surface area (Å²) in [6, 6.07) is 14.2. The smallest absolute Gasteiger partial charge is 0.265 e. The van der Waals surface area contributed by atoms with Crippen LogP contribution in [-0.2, 0) is 11.3 Å². The lowest BCUT2D eigenvalue weighted by molar-refractivity contribution is -0.121. The summed E-state index contributed by atoms with van der Waals surface area (Å²) in [7, 11) is 0. The molecule has 0 radical (unpaired) electrons. The number of amides is 1. The van der Waals surface area contributed by atoms with Crippen molar-refractivity contribution in [1.82, 2.24) is 24.6 Å². The van der Waals surface area contributed by atoms with Crippen molar-refractivity contribution >= 4 is 51.9 Å². The Labute approximate surface area is 197 Å². The fourth-order valence-electron chi connectivity index (χ4n) is 3.67. The van der Waals surface area contributed by atoms with Crippen LogP contribution in [0.2, 0.25) is 10.0 Å². The van der Waals surface area contributed by atoms with E-state index < -0.39 is 0 Å². The zero-order valence-corrected chi connectivity index (χ0v) is 19.0. The van der Waals surface area contributed by atoms with Gasteiger partial charge < -0.3 is 5.32 Å². The lowest BCUT2D eigenvalue weighted by Gasteiger charge is -2.13. The first-order valence-electron chi connectivity index (χ1n) is 9.90. The number of rotatable bonds is 5. The number of carbonyl (C=O) groups excluding carboxylic acids is 1. The predicted molar refractivity (Wildman–Crippen MR) is 126 cm³/mol. The minimum atomic E-state index is -0.265. The fourth-order valence-corrected chi connectivity index (χ4v) is 5.11. The summed E-state index contributed by atoms with van der Waals surface area (Å²) in [5, 5.41) is 9.47. The van der Waals surface area contributed by atoms with Gasteiger partial charge in [-0.25, -0.2) is 9.67 Å². The van der Waals surface area contributed by atoms with Crippen molar-refractivity contribution in [3.8, 4) is 5.69 Å². The van der Waals surface area contributed by atoms with Crippen LogP contribution in [0.3, 0.4) is 0 Å². The predicted octanol–water partition coefficient (Wildman–Crippen LogP) is 4.24. The minimum absolute atomic E-state index is 0.125. The quantitative estimate of drug-likeness (QED) is 0.427. The van der Waals surface area contributed by atoms with Gasteiger partial charge in [-0.1, -0.05) is 53.2 Å². The van der Waals surface area contributed by atoms with Gasteiger partial charge in [-0.2, -0.15) is 5.10 Å². The van der Waals surface area contributed by atoms with Crippen LogP contribution in [0, 0.1) is 0 Å². The van der Waals surface area contributed by atoms with Crippen LogP contribution in [0.15, 0.2) is 64.7 Å². The molecule has 7 nitrogen and oxygen atoms in total. The topological polar surface area (TPSA) is 81.8 Å². The highest BCUT2D eigenvalue weighted by Gasteiger charge is 2.29. The van der Waals surface area contributed by atoms with Crippen LogP contribution >= 0.6 is 35.0 Å². The van der Waals surface area contributed by atoms with E-state index in [2.05, 4.69) is 15.4 Å². The minimum Gasteiger partial charge on any atom is -0.352 e. The third-order valence-corrected chi connectivity index (χ3v) is 6.83. The largest absolute Gasteiger partial charge is 0.352 e. The number of carbonyl (C=O) groups is 1. The molecule has 4 aromatic rings. The number of thioether (sulfide) groups is 1. The Kier molecular flexibility index (Phi) is 5.67. The van der Waals surface area contributed by atoms with E-state index in [0.717, 1.165) is 11.3 Å². The normalized spacial score (nSPS) is 15.1. The second-order valence-corrected chi connectivity index (χ2v) is 9.28. The van der Waals surface area contributed by atoms with Crippen molar-refractivity contribution in [3.05, 3.63) is 80.7 Å². The second kappa shape index (κ2) is 8.61. The Balaban J connectivity index is 1.38. The Morgan fingerprint density at radius 3 is 2.75 bits per heavy atom. The van der Waals surface area contributed by atoms with Crippen molar-refractivity contribution < 1.29 is 4.79 Å². The van der Waals surface area contributed by atoms with Crippen LogP contribution in [0.4, 0.5) is 0 Å². The molecular formula is C22H17Cl2N5O2S. The molecule has 0 saturated carbocycles. The first-order chi connectivity index (χ1) is 15.5. The first-order valence-corrected chi connectivity index (χ1v) is 11.6. The molecule has 1 N–H and O–H groups in total. The molecule has 1 atom stereocenters. The van der Waals surface area contributed by atoms with Gasteiger partial charge in [-0.05, 0) is 35.9 Å². The maximum Gasteiger partial charge on any atom is 0.265 e. The maximum absolute atomic E-state index is 13.2. The number of benzene rings is 2. The number of hydrogen-bond acceptors (Lipinski definition) is 5. The molecule has 32 heavy (non-hydrogen) atoms. The fraction of sp³-hybridized carbons (Fsp3) is 0.182. The summed E-state index contributed by atoms with van der Waals surface area (Å²) in [6.07, 6.45) is 1.71. The molecule has 10 heteroatoms. The molecule has 0 saturated heterocycles. The zero-order chi connectivity index (χ0) is 22.2. The number of fused-ring (bicyclic) bond motifs is 2. The first kappa shape index (κ1) is 21.1. The van der Waals surface area contributed by atoms with Crippen molar-refractivity contribution in [2.75, 3.05) is 5.75 Å². The van der Waals surface area contributed by atoms with Crippen LogP contribution in [0.1, 0.15) is 18.0 Å². The van der Waals surface area contributed by atoms with Crippen molar-refractivity contribution in [2.24, 2.45) is 0 Å². The molecule has 5 rings (SSSR count). The van der Waals surface area contributed by atoms with Crippen molar-refractivity contribution in [3.63, 3.8) is 0 Å². The molecule has 1 aliphatic heterocycles. The molecule has 0 aliphatic carbocycles. The van der Waals surface area contributed by atoms with E-state index >= 15 is 0 Å². The summed E-state index contributed by atoms with van der Waals surface area (Å²) < 4.78 is 3.22. The molecule has 2 aromatic carbocycles. The average molecular weight is 486 g/mol. The van der Waals surface area contributed by atoms with E-state index in [1.807, 2.05) is 24.3 Å². The zero-order valence-electron chi connectivity index (χ0n) is 16.7. The highest BCUT2D eigenvalue weighted by molar-refractivity contribution is 7.99. The Hall–Kier alpha value is -2.81. The molecule has 0 bridgehead atoms. The number of nitrogens with zero attached hydrogens (tertiary/aromatic N) is 4. The maximum atomic E-state index is 13.2. The van der Waals surface area contributed by atoms with Gasteiger partial charge in [0.2, 0.25) is 5.91 Å². The highest BCUT2D eigenvalue weighted by atomic mass is 35.5. The van der Waals surface area contributed by atoms with Crippen LogP contribution in [0.5, 0.6) is 0 Å².